The quantitative estimate of drug-likeness (QED) is 0.594. The highest BCUT2D eigenvalue weighted by atomic mass is 16.4. The Balaban J connectivity index is 4.04. The largest absolute Gasteiger partial charge is 0.481 e. The molecule has 0 heterocycles. The Morgan fingerprint density at radius 2 is 1.94 bits per heavy atom. The average Bonchev–Trinajstić information content (AvgIpc) is 2.15. The van der Waals surface area contributed by atoms with Gasteiger partial charge in [-0.15, -0.1) is 0 Å². The normalized spacial score (nSPS) is 11.5. The third-order valence-electron chi connectivity index (χ3n) is 1.95. The van der Waals surface area contributed by atoms with E-state index in [0.29, 0.717) is 6.54 Å². The lowest BCUT2D eigenvalue weighted by molar-refractivity contribution is -0.137. The first-order valence-electron chi connectivity index (χ1n) is 5.37. The Kier molecular flexibility index (Phi) is 6.69. The maximum Gasteiger partial charge on any atom is 0.317 e. The number of amides is 3. The molecule has 0 aliphatic heterocycles. The summed E-state index contributed by atoms with van der Waals surface area (Å²) in [5, 5.41) is 13.6. The molecule has 0 saturated carbocycles. The second-order valence-corrected chi connectivity index (χ2v) is 3.76. The number of carbonyl (C=O) groups is 3. The molecule has 0 rings (SSSR count). The first-order valence-corrected chi connectivity index (χ1v) is 5.37. The van der Waals surface area contributed by atoms with Crippen LogP contribution < -0.4 is 10.6 Å². The monoisotopic (exact) mass is 245 g/mol. The number of hydrogen-bond acceptors (Lipinski definition) is 3. The molecule has 0 saturated heterocycles. The fourth-order valence-corrected chi connectivity index (χ4v) is 1.17. The van der Waals surface area contributed by atoms with E-state index in [9.17, 15) is 14.4 Å². The second kappa shape index (κ2) is 7.48. The highest BCUT2D eigenvalue weighted by Crippen LogP contribution is 1.93. The summed E-state index contributed by atoms with van der Waals surface area (Å²) in [5.41, 5.74) is 0. The Morgan fingerprint density at radius 1 is 1.35 bits per heavy atom. The lowest BCUT2D eigenvalue weighted by Crippen LogP contribution is -2.46. The van der Waals surface area contributed by atoms with Gasteiger partial charge >= 0.3 is 12.0 Å². The maximum absolute atomic E-state index is 11.5. The summed E-state index contributed by atoms with van der Waals surface area (Å²) < 4.78 is 0. The zero-order chi connectivity index (χ0) is 13.4. The van der Waals surface area contributed by atoms with Crippen molar-refractivity contribution < 1.29 is 19.5 Å². The minimum atomic E-state index is -0.982. The van der Waals surface area contributed by atoms with Gasteiger partial charge in [-0.25, -0.2) is 4.79 Å². The van der Waals surface area contributed by atoms with Crippen LogP contribution in [0.25, 0.3) is 0 Å². The van der Waals surface area contributed by atoms with Crippen molar-refractivity contribution in [3.8, 4) is 0 Å². The molecule has 1 atom stereocenters. The summed E-state index contributed by atoms with van der Waals surface area (Å²) in [5.74, 6) is -1.24. The van der Waals surface area contributed by atoms with Crippen LogP contribution in [0.5, 0.6) is 0 Å². The number of nitrogens with one attached hydrogen (secondary N) is 2. The predicted octanol–water partition coefficient (Wildman–Crippen LogP) is -0.373. The van der Waals surface area contributed by atoms with Crippen molar-refractivity contribution in [2.24, 2.45) is 0 Å². The van der Waals surface area contributed by atoms with Crippen molar-refractivity contribution in [3.05, 3.63) is 0 Å². The van der Waals surface area contributed by atoms with Gasteiger partial charge in [0.25, 0.3) is 0 Å². The van der Waals surface area contributed by atoms with E-state index in [1.165, 1.54) is 11.9 Å². The molecule has 0 aromatic heterocycles. The average molecular weight is 245 g/mol. The van der Waals surface area contributed by atoms with Crippen molar-refractivity contribution >= 4 is 17.9 Å². The van der Waals surface area contributed by atoms with E-state index in [1.807, 2.05) is 0 Å². The Morgan fingerprint density at radius 3 is 2.41 bits per heavy atom. The van der Waals surface area contributed by atoms with Crippen LogP contribution in [0.3, 0.4) is 0 Å². The number of rotatable bonds is 6. The molecule has 0 radical (unpaired) electrons. The Hall–Kier alpha value is -1.79. The lowest BCUT2D eigenvalue weighted by Gasteiger charge is -2.20. The molecule has 7 heteroatoms. The molecule has 0 fully saturated rings. The van der Waals surface area contributed by atoms with Crippen LogP contribution in [-0.2, 0) is 9.59 Å². The molecule has 0 aromatic rings. The van der Waals surface area contributed by atoms with Gasteiger partial charge in [0.15, 0.2) is 0 Å². The molecule has 0 aliphatic carbocycles. The van der Waals surface area contributed by atoms with Gasteiger partial charge in [0.1, 0.15) is 6.54 Å². The molecule has 0 aromatic carbocycles. The van der Waals surface area contributed by atoms with Crippen molar-refractivity contribution in [3.63, 3.8) is 0 Å². The zero-order valence-corrected chi connectivity index (χ0v) is 10.3. The minimum Gasteiger partial charge on any atom is -0.481 e. The smallest absolute Gasteiger partial charge is 0.317 e. The number of urea groups is 1. The number of aliphatic carboxylic acids is 1. The number of hydrogen-bond donors (Lipinski definition) is 3. The van der Waals surface area contributed by atoms with Gasteiger partial charge in [0.05, 0.1) is 6.42 Å². The molecule has 3 amide bonds. The molecule has 1 unspecified atom stereocenters. The van der Waals surface area contributed by atoms with E-state index >= 15 is 0 Å². The van der Waals surface area contributed by atoms with Gasteiger partial charge in [-0.1, -0.05) is 0 Å². The molecule has 0 bridgehead atoms. The number of carboxylic acid groups (broad SMARTS) is 1. The third kappa shape index (κ3) is 7.15. The van der Waals surface area contributed by atoms with Crippen LogP contribution >= 0.6 is 0 Å². The van der Waals surface area contributed by atoms with E-state index in [1.54, 1.807) is 13.8 Å². The summed E-state index contributed by atoms with van der Waals surface area (Å²) in [7, 11) is 1.47. The standard InChI is InChI=1S/C10H19N3O4/c1-4-11-8(14)6-13(3)10(17)12-7(2)5-9(15)16/h7H,4-6H2,1-3H3,(H,11,14)(H,12,17)(H,15,16). The highest BCUT2D eigenvalue weighted by Gasteiger charge is 2.15. The summed E-state index contributed by atoms with van der Waals surface area (Å²) in [4.78, 5) is 34.3. The van der Waals surface area contributed by atoms with E-state index in [4.69, 9.17) is 5.11 Å². The van der Waals surface area contributed by atoms with Crippen molar-refractivity contribution in [2.45, 2.75) is 26.3 Å². The van der Waals surface area contributed by atoms with Crippen molar-refractivity contribution in [1.29, 1.82) is 0 Å². The maximum atomic E-state index is 11.5. The topological polar surface area (TPSA) is 98.7 Å². The number of nitrogens with zero attached hydrogens (tertiary/aromatic N) is 1. The molecule has 3 N–H and O–H groups in total. The Bertz CT molecular complexity index is 293. The van der Waals surface area contributed by atoms with E-state index in [-0.39, 0.29) is 18.9 Å². The van der Waals surface area contributed by atoms with Crippen LogP contribution in [0, 0.1) is 0 Å². The van der Waals surface area contributed by atoms with Gasteiger partial charge < -0.3 is 20.6 Å². The van der Waals surface area contributed by atoms with E-state index in [0.717, 1.165) is 0 Å². The SMILES string of the molecule is CCNC(=O)CN(C)C(=O)NC(C)CC(=O)O. The van der Waals surface area contributed by atoms with Gasteiger partial charge in [0, 0.05) is 19.6 Å². The molecule has 0 aliphatic rings. The molecule has 0 spiro atoms. The van der Waals surface area contributed by atoms with Crippen molar-refractivity contribution in [2.75, 3.05) is 20.1 Å². The van der Waals surface area contributed by atoms with Gasteiger partial charge in [0.2, 0.25) is 5.91 Å². The fourth-order valence-electron chi connectivity index (χ4n) is 1.17. The number of carbonyl (C=O) groups excluding carboxylic acids is 2. The molecule has 17 heavy (non-hydrogen) atoms. The molecule has 98 valence electrons. The van der Waals surface area contributed by atoms with E-state index in [2.05, 4.69) is 10.6 Å². The van der Waals surface area contributed by atoms with Gasteiger partial charge in [-0.2, -0.15) is 0 Å². The fraction of sp³-hybridized carbons (Fsp3) is 0.700. The second-order valence-electron chi connectivity index (χ2n) is 3.76. The summed E-state index contributed by atoms with van der Waals surface area (Å²) in [6.07, 6.45) is -0.152. The summed E-state index contributed by atoms with van der Waals surface area (Å²) >= 11 is 0. The summed E-state index contributed by atoms with van der Waals surface area (Å²) in [6, 6.07) is -0.943. The first kappa shape index (κ1) is 15.2. The van der Waals surface area contributed by atoms with Crippen LogP contribution in [0.1, 0.15) is 20.3 Å². The van der Waals surface area contributed by atoms with Gasteiger partial charge in [-0.3, -0.25) is 9.59 Å². The van der Waals surface area contributed by atoms with Crippen LogP contribution in [0.2, 0.25) is 0 Å². The molecular formula is C10H19N3O4. The highest BCUT2D eigenvalue weighted by molar-refractivity contribution is 5.84. The number of carboxylic acids is 1. The minimum absolute atomic E-state index is 0.0561. The van der Waals surface area contributed by atoms with Crippen LogP contribution in [0.4, 0.5) is 4.79 Å². The molecule has 7 nitrogen and oxygen atoms in total. The third-order valence-corrected chi connectivity index (χ3v) is 1.95. The first-order chi connectivity index (χ1) is 7.86. The predicted molar refractivity (Wildman–Crippen MR) is 61.6 cm³/mol. The van der Waals surface area contributed by atoms with Gasteiger partial charge in [-0.05, 0) is 13.8 Å². The summed E-state index contributed by atoms with van der Waals surface area (Å²) in [6.45, 7) is 3.82. The Labute approximate surface area is 100 Å². The lowest BCUT2D eigenvalue weighted by atomic mass is 10.2. The van der Waals surface area contributed by atoms with Crippen LogP contribution in [-0.4, -0.2) is 54.1 Å². The van der Waals surface area contributed by atoms with Crippen molar-refractivity contribution in [1.82, 2.24) is 15.5 Å². The number of likely N-dealkylation sites (N-methyl/N-ethyl adjacent to an activating group) is 2. The molecular weight excluding hydrogens is 226 g/mol. The zero-order valence-electron chi connectivity index (χ0n) is 10.3. The van der Waals surface area contributed by atoms with E-state index < -0.39 is 18.0 Å². The van der Waals surface area contributed by atoms with Crippen LogP contribution in [0.15, 0.2) is 0 Å².